The van der Waals surface area contributed by atoms with Crippen LogP contribution in [0.2, 0.25) is 0 Å². The molecule has 1 aliphatic rings. The molecular formula is C23H27N5O2. The predicted molar refractivity (Wildman–Crippen MR) is 116 cm³/mol. The van der Waals surface area contributed by atoms with E-state index in [0.29, 0.717) is 19.1 Å². The van der Waals surface area contributed by atoms with Crippen LogP contribution in [0.15, 0.2) is 71.5 Å². The minimum absolute atomic E-state index is 0.0455. The largest absolute Gasteiger partial charge is 0.467 e. The number of hydrogen-bond acceptors (Lipinski definition) is 6. The smallest absolute Gasteiger partial charge is 0.241 e. The molecule has 0 saturated carbocycles. The number of hydrogen-bond donors (Lipinski definition) is 0. The summed E-state index contributed by atoms with van der Waals surface area (Å²) < 4.78 is 5.48. The second kappa shape index (κ2) is 9.54. The van der Waals surface area contributed by atoms with Crippen LogP contribution in [0.1, 0.15) is 18.6 Å². The Morgan fingerprint density at radius 3 is 2.77 bits per heavy atom. The lowest BCUT2D eigenvalue weighted by Gasteiger charge is -2.30. The summed E-state index contributed by atoms with van der Waals surface area (Å²) in [4.78, 5) is 19.4. The minimum atomic E-state index is 0.0455. The Morgan fingerprint density at radius 2 is 2.03 bits per heavy atom. The van der Waals surface area contributed by atoms with Gasteiger partial charge in [-0.05, 0) is 56.3 Å². The van der Waals surface area contributed by atoms with Crippen LogP contribution in [0.4, 0.5) is 11.5 Å². The number of carbonyl (C=O) groups excluding carboxylic acids is 1. The van der Waals surface area contributed by atoms with Gasteiger partial charge in [0.15, 0.2) is 5.82 Å². The maximum absolute atomic E-state index is 13.2. The van der Waals surface area contributed by atoms with Crippen molar-refractivity contribution in [2.24, 2.45) is 0 Å². The number of amides is 1. The molecule has 3 aromatic rings. The Labute approximate surface area is 176 Å². The molecule has 7 nitrogen and oxygen atoms in total. The summed E-state index contributed by atoms with van der Waals surface area (Å²) in [7, 11) is 2.00. The van der Waals surface area contributed by atoms with E-state index in [9.17, 15) is 4.79 Å². The predicted octanol–water partition coefficient (Wildman–Crippen LogP) is 3.20. The maximum Gasteiger partial charge on any atom is 0.241 e. The third-order valence-corrected chi connectivity index (χ3v) is 5.42. The summed E-state index contributed by atoms with van der Waals surface area (Å²) in [5.74, 6) is 1.71. The van der Waals surface area contributed by atoms with Crippen LogP contribution in [0.3, 0.4) is 0 Å². The molecule has 3 heterocycles. The van der Waals surface area contributed by atoms with E-state index >= 15 is 0 Å². The Bertz CT molecular complexity index is 917. The third kappa shape index (κ3) is 4.86. The van der Waals surface area contributed by atoms with E-state index in [2.05, 4.69) is 20.0 Å². The molecule has 1 unspecified atom stereocenters. The van der Waals surface area contributed by atoms with Gasteiger partial charge in [0.05, 0.1) is 19.4 Å². The van der Waals surface area contributed by atoms with Gasteiger partial charge in [0, 0.05) is 31.0 Å². The molecule has 30 heavy (non-hydrogen) atoms. The van der Waals surface area contributed by atoms with E-state index in [1.807, 2.05) is 61.6 Å². The molecule has 1 amide bonds. The lowest BCUT2D eigenvalue weighted by molar-refractivity contribution is -0.119. The van der Waals surface area contributed by atoms with Crippen LogP contribution in [0.25, 0.3) is 0 Å². The van der Waals surface area contributed by atoms with Gasteiger partial charge in [-0.3, -0.25) is 9.69 Å². The zero-order valence-corrected chi connectivity index (χ0v) is 17.2. The molecule has 7 heteroatoms. The first-order chi connectivity index (χ1) is 14.7. The van der Waals surface area contributed by atoms with Crippen molar-refractivity contribution >= 4 is 17.4 Å². The number of anilines is 2. The highest BCUT2D eigenvalue weighted by atomic mass is 16.3. The monoisotopic (exact) mass is 405 g/mol. The van der Waals surface area contributed by atoms with Crippen molar-refractivity contribution in [3.63, 3.8) is 0 Å². The van der Waals surface area contributed by atoms with Crippen LogP contribution in [-0.2, 0) is 11.3 Å². The van der Waals surface area contributed by atoms with E-state index < -0.39 is 0 Å². The number of benzene rings is 1. The van der Waals surface area contributed by atoms with Gasteiger partial charge < -0.3 is 14.2 Å². The van der Waals surface area contributed by atoms with Crippen LogP contribution < -0.4 is 9.80 Å². The first-order valence-corrected chi connectivity index (χ1v) is 10.3. The van der Waals surface area contributed by atoms with Gasteiger partial charge in [0.25, 0.3) is 0 Å². The fourth-order valence-corrected chi connectivity index (χ4v) is 4.00. The zero-order valence-electron chi connectivity index (χ0n) is 17.2. The third-order valence-electron chi connectivity index (χ3n) is 5.42. The van der Waals surface area contributed by atoms with E-state index in [1.165, 1.54) is 0 Å². The summed E-state index contributed by atoms with van der Waals surface area (Å²) >= 11 is 0. The Morgan fingerprint density at radius 1 is 1.17 bits per heavy atom. The van der Waals surface area contributed by atoms with Crippen molar-refractivity contribution in [1.29, 1.82) is 0 Å². The molecular weight excluding hydrogens is 378 g/mol. The van der Waals surface area contributed by atoms with Crippen LogP contribution in [0, 0.1) is 0 Å². The van der Waals surface area contributed by atoms with E-state index in [4.69, 9.17) is 4.42 Å². The van der Waals surface area contributed by atoms with Crippen LogP contribution >= 0.6 is 0 Å². The van der Waals surface area contributed by atoms with Crippen molar-refractivity contribution in [2.75, 3.05) is 36.5 Å². The first kappa shape index (κ1) is 20.1. The van der Waals surface area contributed by atoms with E-state index in [-0.39, 0.29) is 5.91 Å². The summed E-state index contributed by atoms with van der Waals surface area (Å²) in [6, 6.07) is 17.7. The van der Waals surface area contributed by atoms with Crippen molar-refractivity contribution in [1.82, 2.24) is 15.1 Å². The zero-order chi connectivity index (χ0) is 20.8. The molecule has 156 valence electrons. The average Bonchev–Trinajstić information content (AvgIpc) is 3.45. The Hall–Kier alpha value is -3.19. The number of carbonyl (C=O) groups is 1. The van der Waals surface area contributed by atoms with Crippen molar-refractivity contribution in [3.05, 3.63) is 72.8 Å². The number of aromatic nitrogens is 2. The lowest BCUT2D eigenvalue weighted by atomic mass is 10.2. The first-order valence-electron chi connectivity index (χ1n) is 10.3. The van der Waals surface area contributed by atoms with Crippen molar-refractivity contribution in [2.45, 2.75) is 25.4 Å². The molecule has 1 atom stereocenters. The highest BCUT2D eigenvalue weighted by molar-refractivity contribution is 5.94. The standard InChI is InChI=1S/C23H27N5O2/c1-26(16-20-10-6-14-27(20)22-12-5-13-24-25-22)18-23(29)28(17-21-11-7-15-30-21)19-8-3-2-4-9-19/h2-5,7-9,11-13,15,20H,6,10,14,16-18H2,1H3. The van der Waals surface area contributed by atoms with Crippen LogP contribution in [0.5, 0.6) is 0 Å². The van der Waals surface area contributed by atoms with Gasteiger partial charge in [0.1, 0.15) is 5.76 Å². The van der Waals surface area contributed by atoms with E-state index in [1.54, 1.807) is 17.4 Å². The summed E-state index contributed by atoms with van der Waals surface area (Å²) in [5.41, 5.74) is 0.870. The normalized spacial score (nSPS) is 16.2. The molecule has 2 aromatic heterocycles. The van der Waals surface area contributed by atoms with Gasteiger partial charge in [0.2, 0.25) is 5.91 Å². The SMILES string of the molecule is CN(CC(=O)N(Cc1ccco1)c1ccccc1)CC1CCCN1c1cccnn1. The van der Waals surface area contributed by atoms with Gasteiger partial charge in [-0.15, -0.1) is 5.10 Å². The number of furan rings is 1. The number of rotatable bonds is 8. The number of likely N-dealkylation sites (N-methyl/N-ethyl adjacent to an activating group) is 1. The minimum Gasteiger partial charge on any atom is -0.467 e. The molecule has 1 saturated heterocycles. The van der Waals surface area contributed by atoms with Crippen molar-refractivity contribution < 1.29 is 9.21 Å². The fraction of sp³-hybridized carbons (Fsp3) is 0.348. The molecule has 0 N–H and O–H groups in total. The maximum atomic E-state index is 13.2. The second-order valence-corrected chi connectivity index (χ2v) is 7.66. The summed E-state index contributed by atoms with van der Waals surface area (Å²) in [5, 5.41) is 8.27. The molecule has 0 radical (unpaired) electrons. The summed E-state index contributed by atoms with van der Waals surface area (Å²) in [6.07, 6.45) is 5.54. The lowest BCUT2D eigenvalue weighted by Crippen LogP contribution is -2.44. The Kier molecular flexibility index (Phi) is 6.39. The average molecular weight is 406 g/mol. The van der Waals surface area contributed by atoms with Gasteiger partial charge in [-0.1, -0.05) is 18.2 Å². The second-order valence-electron chi connectivity index (χ2n) is 7.66. The van der Waals surface area contributed by atoms with Gasteiger partial charge in [-0.2, -0.15) is 5.10 Å². The molecule has 1 fully saturated rings. The topological polar surface area (TPSA) is 65.7 Å². The molecule has 1 aromatic carbocycles. The molecule has 0 aliphatic carbocycles. The number of nitrogens with zero attached hydrogens (tertiary/aromatic N) is 5. The highest BCUT2D eigenvalue weighted by Crippen LogP contribution is 2.24. The molecule has 4 rings (SSSR count). The molecule has 0 spiro atoms. The number of para-hydroxylation sites is 1. The molecule has 1 aliphatic heterocycles. The van der Waals surface area contributed by atoms with Crippen LogP contribution in [-0.4, -0.2) is 53.7 Å². The Balaban J connectivity index is 1.41. The van der Waals surface area contributed by atoms with Gasteiger partial charge >= 0.3 is 0 Å². The van der Waals surface area contributed by atoms with E-state index in [0.717, 1.165) is 43.2 Å². The van der Waals surface area contributed by atoms with Crippen molar-refractivity contribution in [3.8, 4) is 0 Å². The summed E-state index contributed by atoms with van der Waals surface area (Å²) in [6.45, 7) is 2.52. The highest BCUT2D eigenvalue weighted by Gasteiger charge is 2.28. The molecule has 0 bridgehead atoms. The van der Waals surface area contributed by atoms with Gasteiger partial charge in [-0.25, -0.2) is 0 Å². The fourth-order valence-electron chi connectivity index (χ4n) is 4.00. The quantitative estimate of drug-likeness (QED) is 0.573.